The first-order valence-corrected chi connectivity index (χ1v) is 5.61. The van der Waals surface area contributed by atoms with E-state index in [4.69, 9.17) is 17.0 Å². The Morgan fingerprint density at radius 3 is 2.67 bits per heavy atom. The summed E-state index contributed by atoms with van der Waals surface area (Å²) in [5.41, 5.74) is 6.71. The van der Waals surface area contributed by atoms with Crippen molar-refractivity contribution in [3.05, 3.63) is 36.7 Å². The fraction of sp³-hybridized carbons (Fsp3) is 0.0909. The Morgan fingerprint density at radius 1 is 1.33 bits per heavy atom. The second kappa shape index (κ2) is 5.87. The molecule has 2 rings (SSSR count). The number of nitrogens with zero attached hydrogens (tertiary/aromatic N) is 1. The van der Waals surface area contributed by atoms with Gasteiger partial charge in [0.2, 0.25) is 6.41 Å². The Kier molecular flexibility index (Phi) is 3.98. The van der Waals surface area contributed by atoms with Crippen LogP contribution < -0.4 is 16.2 Å². The highest BCUT2D eigenvalue weighted by molar-refractivity contribution is 7.80. The number of amides is 1. The van der Waals surface area contributed by atoms with Gasteiger partial charge in [0.15, 0.2) is 11.8 Å². The molecule has 0 fully saturated rings. The molecule has 1 aliphatic heterocycles. The topological polar surface area (TPSA) is 65.6 Å². The predicted molar refractivity (Wildman–Crippen MR) is 72.4 cm³/mol. The number of carbonyl (C=O) groups is 1. The lowest BCUT2D eigenvalue weighted by atomic mass is 10.3. The van der Waals surface area contributed by atoms with E-state index in [1.807, 2.05) is 24.3 Å². The van der Waals surface area contributed by atoms with Gasteiger partial charge < -0.3 is 10.1 Å². The average Bonchev–Trinajstić information content (AvgIpc) is 2.92. The van der Waals surface area contributed by atoms with Gasteiger partial charge in [-0.15, -0.1) is 0 Å². The Morgan fingerprint density at radius 2 is 2.06 bits per heavy atom. The first kappa shape index (κ1) is 12.2. The maximum Gasteiger partial charge on any atom is 0.225 e. The summed E-state index contributed by atoms with van der Waals surface area (Å²) in [4.78, 5) is 11.9. The van der Waals surface area contributed by atoms with Crippen molar-refractivity contribution in [3.8, 4) is 0 Å². The molecule has 0 atom stereocenters. The molecule has 1 aliphatic rings. The van der Waals surface area contributed by atoms with Crippen LogP contribution in [0.3, 0.4) is 0 Å². The normalized spacial score (nSPS) is 12.8. The van der Waals surface area contributed by atoms with Crippen molar-refractivity contribution in [2.45, 2.75) is 0 Å². The zero-order chi connectivity index (χ0) is 12.8. The van der Waals surface area contributed by atoms with Crippen LogP contribution in [0.4, 0.5) is 11.4 Å². The second-order valence-electron chi connectivity index (χ2n) is 3.45. The molecule has 94 valence electrons. The Balaban J connectivity index is 1.91. The van der Waals surface area contributed by atoms with E-state index in [2.05, 4.69) is 16.2 Å². The number of ether oxygens (including phenoxy) is 1. The summed E-state index contributed by atoms with van der Waals surface area (Å²) >= 11 is 5.21. The van der Waals surface area contributed by atoms with E-state index >= 15 is 0 Å². The summed E-state index contributed by atoms with van der Waals surface area (Å²) in [5, 5.41) is 3.64. The van der Waals surface area contributed by atoms with E-state index in [0.717, 1.165) is 11.4 Å². The predicted octanol–water partition coefficient (Wildman–Crippen LogP) is 1.22. The number of hydrazine groups is 1. The van der Waals surface area contributed by atoms with Gasteiger partial charge in [-0.25, -0.2) is 0 Å². The van der Waals surface area contributed by atoms with E-state index in [1.54, 1.807) is 17.4 Å². The molecule has 1 heterocycles. The molecule has 0 aliphatic carbocycles. The lowest BCUT2D eigenvalue weighted by Gasteiger charge is -2.16. The van der Waals surface area contributed by atoms with Crippen molar-refractivity contribution in [3.63, 3.8) is 0 Å². The first-order valence-electron chi connectivity index (χ1n) is 5.21. The van der Waals surface area contributed by atoms with E-state index < -0.39 is 0 Å². The molecule has 1 aromatic rings. The quantitative estimate of drug-likeness (QED) is 0.432. The van der Waals surface area contributed by atoms with Crippen LogP contribution in [0.2, 0.25) is 0 Å². The highest BCUT2D eigenvalue weighted by atomic mass is 32.1. The maximum absolute atomic E-state index is 10.1. The van der Waals surface area contributed by atoms with Crippen molar-refractivity contribution < 1.29 is 9.53 Å². The van der Waals surface area contributed by atoms with Crippen LogP contribution in [0.25, 0.3) is 0 Å². The number of hydrogen-bond acceptors (Lipinski definition) is 4. The molecule has 1 aromatic carbocycles. The summed E-state index contributed by atoms with van der Waals surface area (Å²) in [6.45, 7) is 0.425. The molecule has 0 saturated heterocycles. The number of hydrogen-bond donors (Lipinski definition) is 3. The van der Waals surface area contributed by atoms with E-state index in [9.17, 15) is 4.79 Å². The Bertz CT molecular complexity index is 461. The van der Waals surface area contributed by atoms with Crippen molar-refractivity contribution in [2.75, 3.05) is 17.5 Å². The molecular formula is C11H12N4O2S. The molecule has 7 heteroatoms. The van der Waals surface area contributed by atoms with Gasteiger partial charge in [-0.2, -0.15) is 0 Å². The molecule has 0 saturated carbocycles. The largest absolute Gasteiger partial charge is 0.479 e. The Labute approximate surface area is 110 Å². The van der Waals surface area contributed by atoms with Crippen molar-refractivity contribution in [1.82, 2.24) is 10.3 Å². The van der Waals surface area contributed by atoms with Gasteiger partial charge >= 0.3 is 0 Å². The minimum Gasteiger partial charge on any atom is -0.479 e. The molecule has 3 N–H and O–H groups in total. The minimum atomic E-state index is 0.425. The van der Waals surface area contributed by atoms with Crippen LogP contribution in [0, 0.1) is 0 Å². The number of anilines is 2. The van der Waals surface area contributed by atoms with Crippen molar-refractivity contribution >= 4 is 35.1 Å². The zero-order valence-electron chi connectivity index (χ0n) is 9.42. The van der Waals surface area contributed by atoms with Gasteiger partial charge in [0, 0.05) is 11.9 Å². The standard InChI is InChI=1S/C11H12N4O2S/c16-7-12-14-10-3-1-9(2-4-10)13-11(18)15-5-6-17-8-15/h1-7,14H,8H2,(H,12,16)(H,13,18). The first-order chi connectivity index (χ1) is 8.79. The van der Waals surface area contributed by atoms with Gasteiger partial charge in [0.05, 0.1) is 5.69 Å². The van der Waals surface area contributed by atoms with Crippen LogP contribution in [0.5, 0.6) is 0 Å². The fourth-order valence-corrected chi connectivity index (χ4v) is 1.59. The third-order valence-electron chi connectivity index (χ3n) is 2.22. The summed E-state index contributed by atoms with van der Waals surface area (Å²) in [6.07, 6.45) is 3.92. The van der Waals surface area contributed by atoms with Crippen LogP contribution >= 0.6 is 12.2 Å². The third-order valence-corrected chi connectivity index (χ3v) is 2.56. The molecule has 18 heavy (non-hydrogen) atoms. The highest BCUT2D eigenvalue weighted by Crippen LogP contribution is 2.14. The highest BCUT2D eigenvalue weighted by Gasteiger charge is 2.10. The second-order valence-corrected chi connectivity index (χ2v) is 3.83. The van der Waals surface area contributed by atoms with E-state index in [-0.39, 0.29) is 0 Å². The molecular weight excluding hydrogens is 252 g/mol. The number of rotatable bonds is 4. The maximum atomic E-state index is 10.1. The Hall–Kier alpha value is -2.28. The van der Waals surface area contributed by atoms with Crippen LogP contribution in [-0.4, -0.2) is 23.2 Å². The number of thiocarbonyl (C=S) groups is 1. The average molecular weight is 264 g/mol. The molecule has 0 bridgehead atoms. The van der Waals surface area contributed by atoms with Gasteiger partial charge in [0.1, 0.15) is 6.26 Å². The lowest BCUT2D eigenvalue weighted by Crippen LogP contribution is -2.28. The van der Waals surface area contributed by atoms with Crippen molar-refractivity contribution in [2.24, 2.45) is 0 Å². The molecule has 0 spiro atoms. The zero-order valence-corrected chi connectivity index (χ0v) is 10.2. The van der Waals surface area contributed by atoms with Gasteiger partial charge in [-0.3, -0.25) is 20.5 Å². The molecule has 0 unspecified atom stereocenters. The summed E-state index contributed by atoms with van der Waals surface area (Å²) in [5.74, 6) is 0. The van der Waals surface area contributed by atoms with E-state index in [1.165, 1.54) is 0 Å². The summed E-state index contributed by atoms with van der Waals surface area (Å²) < 4.78 is 5.05. The molecule has 6 nitrogen and oxygen atoms in total. The number of nitrogens with one attached hydrogen (secondary N) is 3. The summed E-state index contributed by atoms with van der Waals surface area (Å²) in [6, 6.07) is 7.33. The van der Waals surface area contributed by atoms with Crippen molar-refractivity contribution in [1.29, 1.82) is 0 Å². The SMILES string of the molecule is O=CNNc1ccc(NC(=S)N2C=COC2)cc1. The van der Waals surface area contributed by atoms with Crippen LogP contribution in [0.15, 0.2) is 36.7 Å². The minimum absolute atomic E-state index is 0.425. The number of carbonyl (C=O) groups excluding carboxylic acids is 1. The number of benzene rings is 1. The smallest absolute Gasteiger partial charge is 0.225 e. The third kappa shape index (κ3) is 3.11. The van der Waals surface area contributed by atoms with Crippen LogP contribution in [0.1, 0.15) is 0 Å². The van der Waals surface area contributed by atoms with Gasteiger partial charge in [0.25, 0.3) is 0 Å². The van der Waals surface area contributed by atoms with E-state index in [0.29, 0.717) is 18.3 Å². The van der Waals surface area contributed by atoms with Gasteiger partial charge in [-0.1, -0.05) is 0 Å². The lowest BCUT2D eigenvalue weighted by molar-refractivity contribution is -0.109. The molecule has 0 aromatic heterocycles. The molecule has 0 radical (unpaired) electrons. The van der Waals surface area contributed by atoms with Crippen LogP contribution in [-0.2, 0) is 9.53 Å². The molecule has 1 amide bonds. The fourth-order valence-electron chi connectivity index (χ4n) is 1.35. The summed E-state index contributed by atoms with van der Waals surface area (Å²) in [7, 11) is 0. The van der Waals surface area contributed by atoms with Gasteiger partial charge in [-0.05, 0) is 36.5 Å². The monoisotopic (exact) mass is 264 g/mol.